The van der Waals surface area contributed by atoms with Crippen LogP contribution in [0.25, 0.3) is 21.8 Å². The molecule has 1 aliphatic carbocycles. The van der Waals surface area contributed by atoms with Crippen LogP contribution in [0.4, 0.5) is 22.7 Å². The molecule has 73 heavy (non-hydrogen) atoms. The molecule has 11 N–H and O–H groups in total. The Balaban J connectivity index is 0.000000240. The first-order valence-corrected chi connectivity index (χ1v) is 25.2. The lowest BCUT2D eigenvalue weighted by Gasteiger charge is -2.28. The van der Waals surface area contributed by atoms with E-state index in [-0.39, 0.29) is 23.4 Å². The molecule has 1 fully saturated rings. The van der Waals surface area contributed by atoms with Gasteiger partial charge < -0.3 is 62.7 Å². The van der Waals surface area contributed by atoms with E-state index in [1.807, 2.05) is 81.1 Å². The predicted molar refractivity (Wildman–Crippen MR) is 291 cm³/mol. The van der Waals surface area contributed by atoms with E-state index < -0.39 is 11.8 Å². The molecule has 7 rings (SSSR count). The Hall–Kier alpha value is -7.21. The molecule has 17 heteroatoms. The van der Waals surface area contributed by atoms with Crippen molar-refractivity contribution in [2.45, 2.75) is 105 Å². The Bertz CT molecular complexity index is 2890. The molecule has 17 nitrogen and oxygen atoms in total. The van der Waals surface area contributed by atoms with E-state index in [1.54, 1.807) is 26.4 Å². The van der Waals surface area contributed by atoms with Gasteiger partial charge in [-0.2, -0.15) is 0 Å². The molecule has 0 bridgehead atoms. The molecule has 0 radical (unpaired) electrons. The van der Waals surface area contributed by atoms with Gasteiger partial charge in [-0.05, 0) is 105 Å². The molecule has 0 atom stereocenters. The van der Waals surface area contributed by atoms with Crippen molar-refractivity contribution in [3.05, 3.63) is 106 Å². The number of methoxy groups -OCH3 is 2. The summed E-state index contributed by atoms with van der Waals surface area (Å²) in [5, 5.41) is 11.8. The first kappa shape index (κ1) is 55.1. The van der Waals surface area contributed by atoms with Crippen molar-refractivity contribution in [2.24, 2.45) is 28.9 Å². The van der Waals surface area contributed by atoms with Crippen LogP contribution in [-0.2, 0) is 30.7 Å². The average Bonchev–Trinajstić information content (AvgIpc) is 4.22. The maximum atomic E-state index is 12.5. The van der Waals surface area contributed by atoms with Gasteiger partial charge in [-0.25, -0.2) is 0 Å². The van der Waals surface area contributed by atoms with Crippen molar-refractivity contribution >= 4 is 62.3 Å². The van der Waals surface area contributed by atoms with Crippen LogP contribution < -0.4 is 57.8 Å². The second-order valence-corrected chi connectivity index (χ2v) is 18.5. The highest BCUT2D eigenvalue weighted by Gasteiger charge is 2.23. The normalized spacial score (nSPS) is 12.1. The van der Waals surface area contributed by atoms with Crippen LogP contribution in [0.2, 0.25) is 0 Å². The van der Waals surface area contributed by atoms with Crippen LogP contribution in [0, 0.1) is 5.92 Å². The summed E-state index contributed by atoms with van der Waals surface area (Å²) in [7, 11) is 3.17. The van der Waals surface area contributed by atoms with E-state index in [0.717, 1.165) is 64.8 Å². The lowest BCUT2D eigenvalue weighted by molar-refractivity contribution is -0.136. The third-order valence-corrected chi connectivity index (χ3v) is 12.8. The molecule has 4 aromatic carbocycles. The van der Waals surface area contributed by atoms with E-state index in [2.05, 4.69) is 39.8 Å². The fourth-order valence-electron chi connectivity index (χ4n) is 8.80. The maximum Gasteiger partial charge on any atom is 0.252 e. The Labute approximate surface area is 429 Å². The number of nitrogens with one attached hydrogen (secondary N) is 3. The van der Waals surface area contributed by atoms with Crippen molar-refractivity contribution in [3.8, 4) is 23.0 Å². The number of nitrogens with two attached hydrogens (primary N) is 4. The minimum Gasteiger partial charge on any atom is -0.493 e. The number of primary amides is 2. The molecule has 3 amide bonds. The van der Waals surface area contributed by atoms with Crippen LogP contribution >= 0.6 is 0 Å². The van der Waals surface area contributed by atoms with Crippen molar-refractivity contribution in [1.82, 2.24) is 20.2 Å². The van der Waals surface area contributed by atoms with Crippen molar-refractivity contribution < 1.29 is 33.3 Å². The van der Waals surface area contributed by atoms with Gasteiger partial charge in [0, 0.05) is 84.3 Å². The van der Waals surface area contributed by atoms with Crippen LogP contribution in [0.5, 0.6) is 23.0 Å². The van der Waals surface area contributed by atoms with Crippen molar-refractivity contribution in [1.29, 1.82) is 0 Å². The summed E-state index contributed by atoms with van der Waals surface area (Å²) in [5.74, 6) is 1.14. The lowest BCUT2D eigenvalue weighted by Crippen LogP contribution is -2.40. The first-order valence-electron chi connectivity index (χ1n) is 25.2. The van der Waals surface area contributed by atoms with Crippen LogP contribution in [-0.4, -0.2) is 85.2 Å². The zero-order valence-electron chi connectivity index (χ0n) is 43.7. The van der Waals surface area contributed by atoms with Gasteiger partial charge in [-0.1, -0.05) is 52.0 Å². The Morgan fingerprint density at radius 2 is 1.15 bits per heavy atom. The van der Waals surface area contributed by atoms with E-state index in [9.17, 15) is 14.4 Å². The number of aromatic nitrogens is 2. The monoisotopic (exact) mass is 999 g/mol. The zero-order chi connectivity index (χ0) is 52.8. The average molecular weight is 999 g/mol. The smallest absolute Gasteiger partial charge is 0.252 e. The number of fused-ring (bicyclic) bond motifs is 2. The number of amides is 3. The highest BCUT2D eigenvalue weighted by molar-refractivity contribution is 6.09. The largest absolute Gasteiger partial charge is 0.493 e. The summed E-state index contributed by atoms with van der Waals surface area (Å²) in [6.45, 7) is 15.3. The summed E-state index contributed by atoms with van der Waals surface area (Å²) < 4.78 is 23.4. The van der Waals surface area contributed by atoms with Gasteiger partial charge in [0.2, 0.25) is 5.91 Å². The number of pyridine rings is 2. The van der Waals surface area contributed by atoms with E-state index in [0.29, 0.717) is 102 Å². The minimum absolute atomic E-state index is 0.0562. The van der Waals surface area contributed by atoms with E-state index in [1.165, 1.54) is 25.2 Å². The SMILES string of the molecule is CCc1c(CN)cccc1Nc1c(C(N)=O)cnc2cc(OC)c(OCCCNC3CC3)cc12.CCc1c(CN)cccc1Nc1c(C(N)=O)cnc2cc(OCCCN(C(=O)C(C)C)C(C)C)c(OC)cc12. The van der Waals surface area contributed by atoms with E-state index >= 15 is 0 Å². The minimum atomic E-state index is -0.593. The lowest BCUT2D eigenvalue weighted by atomic mass is 10.0. The number of hydrogen-bond donors (Lipinski definition) is 7. The van der Waals surface area contributed by atoms with Gasteiger partial charge in [-0.3, -0.25) is 24.4 Å². The summed E-state index contributed by atoms with van der Waals surface area (Å²) in [5.41, 5.74) is 32.3. The number of rotatable bonds is 25. The predicted octanol–water partition coefficient (Wildman–Crippen LogP) is 8.40. The number of hydrogen-bond acceptors (Lipinski definition) is 14. The van der Waals surface area contributed by atoms with Gasteiger partial charge in [0.1, 0.15) is 0 Å². The first-order chi connectivity index (χ1) is 35.2. The second-order valence-electron chi connectivity index (χ2n) is 18.5. The Morgan fingerprint density at radius 3 is 1.59 bits per heavy atom. The van der Waals surface area contributed by atoms with Crippen LogP contribution in [0.1, 0.15) is 110 Å². The number of benzene rings is 4. The van der Waals surface area contributed by atoms with Gasteiger partial charge in [0.25, 0.3) is 11.8 Å². The highest BCUT2D eigenvalue weighted by Crippen LogP contribution is 2.40. The second kappa shape index (κ2) is 26.0. The Kier molecular flexibility index (Phi) is 19.6. The number of carbonyl (C=O) groups is 3. The Morgan fingerprint density at radius 1 is 0.685 bits per heavy atom. The summed E-state index contributed by atoms with van der Waals surface area (Å²) in [4.78, 5) is 48.0. The molecule has 1 aliphatic rings. The summed E-state index contributed by atoms with van der Waals surface area (Å²) >= 11 is 0. The number of ether oxygens (including phenoxy) is 4. The fourth-order valence-corrected chi connectivity index (χ4v) is 8.80. The van der Waals surface area contributed by atoms with Gasteiger partial charge >= 0.3 is 0 Å². The highest BCUT2D eigenvalue weighted by atomic mass is 16.5. The molecule has 0 saturated heterocycles. The molecule has 1 saturated carbocycles. The molecule has 2 heterocycles. The third-order valence-electron chi connectivity index (χ3n) is 12.8. The molecular weight excluding hydrogens is 925 g/mol. The zero-order valence-corrected chi connectivity index (χ0v) is 43.7. The molecular formula is C56H74N10O7. The topological polar surface area (TPSA) is 257 Å². The summed E-state index contributed by atoms with van der Waals surface area (Å²) in [6.07, 6.45) is 8.60. The number of anilines is 4. The van der Waals surface area contributed by atoms with Crippen molar-refractivity contribution in [3.63, 3.8) is 0 Å². The standard InChI is InChI=1S/C30H41N5O4.C26H33N5O3/c1-7-21-20(16-31)10-8-11-24(21)34-28-22-14-26(38-6)27(15-25(22)33-17-23(28)29(32)36)39-13-9-12-35(19(4)5)30(37)18(2)3;1-3-18-16(14-27)6-4-7-21(18)31-25-19-12-24(34-11-5-10-29-17-8-9-17)23(33-2)13-22(19)30-15-20(25)26(28)32/h8,10-11,14-15,17-19H,7,9,12-13,16,31H2,1-6H3,(H2,32,36)(H,33,34);4,6-7,12-13,15,17,29H,3,5,8-11,14,27H2,1-2H3,(H2,28,32)(H,30,31). The van der Waals surface area contributed by atoms with Crippen LogP contribution in [0.3, 0.4) is 0 Å². The van der Waals surface area contributed by atoms with Gasteiger partial charge in [-0.15, -0.1) is 0 Å². The fraction of sp³-hybridized carbons (Fsp3) is 0.411. The third kappa shape index (κ3) is 13.7. The molecule has 6 aromatic rings. The molecule has 0 aliphatic heterocycles. The van der Waals surface area contributed by atoms with Gasteiger partial charge in [0.05, 0.1) is 61.0 Å². The van der Waals surface area contributed by atoms with Gasteiger partial charge in [0.15, 0.2) is 23.0 Å². The number of carbonyl (C=O) groups excluding carboxylic acids is 3. The van der Waals surface area contributed by atoms with Crippen molar-refractivity contribution in [2.75, 3.05) is 51.2 Å². The van der Waals surface area contributed by atoms with E-state index in [4.69, 9.17) is 41.9 Å². The maximum absolute atomic E-state index is 12.5. The summed E-state index contributed by atoms with van der Waals surface area (Å²) in [6, 6.07) is 19.9. The number of nitrogens with zero attached hydrogens (tertiary/aromatic N) is 3. The molecule has 390 valence electrons. The quantitative estimate of drug-likeness (QED) is 0.0266. The van der Waals surface area contributed by atoms with Crippen LogP contribution in [0.15, 0.2) is 73.1 Å². The molecule has 2 aromatic heterocycles. The molecule has 0 spiro atoms. The molecule has 0 unspecified atom stereocenters.